The highest BCUT2D eigenvalue weighted by Gasteiger charge is 2.25. The van der Waals surface area contributed by atoms with E-state index in [1.165, 1.54) is 13.2 Å². The zero-order chi connectivity index (χ0) is 24.4. The van der Waals surface area contributed by atoms with Crippen LogP contribution >= 0.6 is 11.6 Å². The summed E-state index contributed by atoms with van der Waals surface area (Å²) in [4.78, 5) is 29.3. The highest BCUT2D eigenvalue weighted by Crippen LogP contribution is 2.38. The van der Waals surface area contributed by atoms with Crippen LogP contribution in [-0.2, 0) is 9.53 Å². The molecular weight excluding hydrogens is 466 g/mol. The number of cyclic esters (lactones) is 1. The first-order valence-electron chi connectivity index (χ1n) is 10.7. The molecule has 0 amide bonds. The monoisotopic (exact) mass is 483 g/mol. The largest absolute Gasteiger partial charge is 0.493 e. The van der Waals surface area contributed by atoms with Crippen LogP contribution in [0.25, 0.3) is 16.8 Å². The van der Waals surface area contributed by atoms with Gasteiger partial charge in [0.05, 0.1) is 17.7 Å². The van der Waals surface area contributed by atoms with E-state index in [0.717, 1.165) is 10.8 Å². The highest BCUT2D eigenvalue weighted by molar-refractivity contribution is 6.32. The Labute approximate surface area is 206 Å². The fraction of sp³-hybridized carbons (Fsp3) is 0.0357. The van der Waals surface area contributed by atoms with Gasteiger partial charge in [-0.2, -0.15) is 0 Å². The molecule has 0 aliphatic carbocycles. The lowest BCUT2D eigenvalue weighted by atomic mass is 10.1. The second-order valence-corrected chi connectivity index (χ2v) is 8.09. The molecule has 7 heteroatoms. The van der Waals surface area contributed by atoms with E-state index in [0.29, 0.717) is 16.7 Å². The number of fused-ring (bicyclic) bond motifs is 1. The van der Waals surface area contributed by atoms with Crippen molar-refractivity contribution in [3.63, 3.8) is 0 Å². The lowest BCUT2D eigenvalue weighted by Crippen LogP contribution is -2.09. The maximum atomic E-state index is 12.5. The lowest BCUT2D eigenvalue weighted by molar-refractivity contribution is -0.129. The Balaban J connectivity index is 1.44. The number of methoxy groups -OCH3 is 1. The number of halogens is 1. The Morgan fingerprint density at radius 1 is 0.943 bits per heavy atom. The first kappa shape index (κ1) is 22.4. The van der Waals surface area contributed by atoms with Crippen molar-refractivity contribution < 1.29 is 23.8 Å². The predicted octanol–water partition coefficient (Wildman–Crippen LogP) is 6.07. The van der Waals surface area contributed by atoms with E-state index < -0.39 is 11.9 Å². The Morgan fingerprint density at radius 2 is 1.69 bits per heavy atom. The molecular formula is C28H18ClNO5. The van der Waals surface area contributed by atoms with Gasteiger partial charge >= 0.3 is 11.9 Å². The number of aliphatic imine (C=N–C) groups is 1. The zero-order valence-corrected chi connectivity index (χ0v) is 19.3. The van der Waals surface area contributed by atoms with Crippen molar-refractivity contribution >= 4 is 46.3 Å². The summed E-state index contributed by atoms with van der Waals surface area (Å²) in [5, 5.41) is 2.23. The molecule has 1 aliphatic heterocycles. The number of carbonyl (C=O) groups is 2. The molecule has 0 aromatic heterocycles. The summed E-state index contributed by atoms with van der Waals surface area (Å²) in [6.07, 6.45) is 1.54. The van der Waals surface area contributed by atoms with Crippen LogP contribution in [0.3, 0.4) is 0 Å². The second kappa shape index (κ2) is 9.44. The summed E-state index contributed by atoms with van der Waals surface area (Å²) < 4.78 is 16.3. The fourth-order valence-electron chi connectivity index (χ4n) is 3.66. The molecule has 0 atom stereocenters. The van der Waals surface area contributed by atoms with Crippen LogP contribution in [-0.4, -0.2) is 24.9 Å². The summed E-state index contributed by atoms with van der Waals surface area (Å²) >= 11 is 6.41. The minimum absolute atomic E-state index is 0.0829. The van der Waals surface area contributed by atoms with Crippen LogP contribution in [0.4, 0.5) is 0 Å². The molecule has 0 fully saturated rings. The second-order valence-electron chi connectivity index (χ2n) is 7.69. The van der Waals surface area contributed by atoms with Gasteiger partial charge in [-0.1, -0.05) is 60.1 Å². The van der Waals surface area contributed by atoms with Crippen LogP contribution in [0.5, 0.6) is 11.5 Å². The van der Waals surface area contributed by atoms with E-state index in [4.69, 9.17) is 25.8 Å². The molecule has 0 saturated carbocycles. The van der Waals surface area contributed by atoms with Gasteiger partial charge in [-0.25, -0.2) is 14.6 Å². The average molecular weight is 484 g/mol. The number of nitrogens with zero attached hydrogens (tertiary/aromatic N) is 1. The summed E-state index contributed by atoms with van der Waals surface area (Å²) in [6.45, 7) is 0. The lowest BCUT2D eigenvalue weighted by Gasteiger charge is -2.12. The van der Waals surface area contributed by atoms with Crippen molar-refractivity contribution in [1.82, 2.24) is 0 Å². The first-order chi connectivity index (χ1) is 17.0. The summed E-state index contributed by atoms with van der Waals surface area (Å²) in [5.74, 6) is -0.611. The molecule has 1 aliphatic rings. The number of esters is 2. The number of ether oxygens (including phenoxy) is 3. The van der Waals surface area contributed by atoms with Gasteiger partial charge in [0, 0.05) is 5.56 Å². The van der Waals surface area contributed by atoms with Gasteiger partial charge < -0.3 is 14.2 Å². The van der Waals surface area contributed by atoms with Crippen LogP contribution in [0.1, 0.15) is 21.5 Å². The molecule has 4 aromatic carbocycles. The standard InChI is InChI=1S/C28H18ClNO5/c1-33-24-15-17(13-22(29)25(24)34-27(31)19-8-3-2-4-9-19)14-23-28(32)35-26(30-23)21-12-11-18-7-5-6-10-20(18)16-21/h2-16H,1H3/b23-14-. The molecule has 5 rings (SSSR count). The number of rotatable bonds is 5. The number of hydrogen-bond donors (Lipinski definition) is 0. The SMILES string of the molecule is COc1cc(/C=C2\N=C(c3ccc4ccccc4c3)OC2=O)cc(Cl)c1OC(=O)c1ccccc1. The van der Waals surface area contributed by atoms with Gasteiger partial charge in [0.25, 0.3) is 0 Å². The maximum absolute atomic E-state index is 12.5. The van der Waals surface area contributed by atoms with Crippen LogP contribution < -0.4 is 9.47 Å². The van der Waals surface area contributed by atoms with Gasteiger partial charge in [-0.15, -0.1) is 0 Å². The minimum Gasteiger partial charge on any atom is -0.493 e. The van der Waals surface area contributed by atoms with Gasteiger partial charge in [-0.3, -0.25) is 0 Å². The molecule has 172 valence electrons. The van der Waals surface area contributed by atoms with Gasteiger partial charge in [0.1, 0.15) is 0 Å². The molecule has 0 bridgehead atoms. The van der Waals surface area contributed by atoms with Crippen molar-refractivity contribution in [2.75, 3.05) is 7.11 Å². The molecule has 0 saturated heterocycles. The van der Waals surface area contributed by atoms with Gasteiger partial charge in [0.2, 0.25) is 5.90 Å². The Hall–Kier alpha value is -4.42. The third kappa shape index (κ3) is 4.65. The van der Waals surface area contributed by atoms with Crippen molar-refractivity contribution in [1.29, 1.82) is 0 Å². The molecule has 0 radical (unpaired) electrons. The van der Waals surface area contributed by atoms with Gasteiger partial charge in [0.15, 0.2) is 17.2 Å². The van der Waals surface area contributed by atoms with Crippen LogP contribution in [0.15, 0.2) is 95.6 Å². The quantitative estimate of drug-likeness (QED) is 0.196. The zero-order valence-electron chi connectivity index (χ0n) is 18.5. The summed E-state index contributed by atoms with van der Waals surface area (Å²) in [6, 6.07) is 25.3. The molecule has 0 N–H and O–H groups in total. The van der Waals surface area contributed by atoms with E-state index in [2.05, 4.69) is 4.99 Å². The smallest absolute Gasteiger partial charge is 0.363 e. The summed E-state index contributed by atoms with van der Waals surface area (Å²) in [5.41, 5.74) is 1.71. The number of carbonyl (C=O) groups excluding carboxylic acids is 2. The number of hydrogen-bond acceptors (Lipinski definition) is 6. The van der Waals surface area contributed by atoms with E-state index in [9.17, 15) is 9.59 Å². The fourth-order valence-corrected chi connectivity index (χ4v) is 3.92. The first-order valence-corrected chi connectivity index (χ1v) is 11.1. The topological polar surface area (TPSA) is 74.2 Å². The maximum Gasteiger partial charge on any atom is 0.363 e. The molecule has 0 unspecified atom stereocenters. The third-order valence-electron chi connectivity index (χ3n) is 5.38. The van der Waals surface area contributed by atoms with Crippen molar-refractivity contribution in [2.24, 2.45) is 4.99 Å². The molecule has 6 nitrogen and oxygen atoms in total. The molecule has 1 heterocycles. The van der Waals surface area contributed by atoms with E-state index in [1.807, 2.05) is 42.5 Å². The van der Waals surface area contributed by atoms with E-state index >= 15 is 0 Å². The Bertz CT molecular complexity index is 1530. The van der Waals surface area contributed by atoms with Crippen LogP contribution in [0.2, 0.25) is 5.02 Å². The Morgan fingerprint density at radius 3 is 2.46 bits per heavy atom. The summed E-state index contributed by atoms with van der Waals surface area (Å²) in [7, 11) is 1.43. The van der Waals surface area contributed by atoms with Crippen molar-refractivity contribution in [3.8, 4) is 11.5 Å². The normalized spacial score (nSPS) is 14.1. The van der Waals surface area contributed by atoms with E-state index in [1.54, 1.807) is 42.5 Å². The molecule has 35 heavy (non-hydrogen) atoms. The third-order valence-corrected chi connectivity index (χ3v) is 5.66. The Kier molecular flexibility index (Phi) is 6.04. The van der Waals surface area contributed by atoms with Crippen molar-refractivity contribution in [3.05, 3.63) is 112 Å². The molecule has 0 spiro atoms. The average Bonchev–Trinajstić information content (AvgIpc) is 3.25. The number of benzene rings is 4. The van der Waals surface area contributed by atoms with Gasteiger partial charge in [-0.05, 0) is 58.8 Å². The van der Waals surface area contributed by atoms with E-state index in [-0.39, 0.29) is 28.1 Å². The highest BCUT2D eigenvalue weighted by atomic mass is 35.5. The minimum atomic E-state index is -0.581. The van der Waals surface area contributed by atoms with Crippen molar-refractivity contribution in [2.45, 2.75) is 0 Å². The molecule has 4 aromatic rings. The van der Waals surface area contributed by atoms with Crippen LogP contribution in [0, 0.1) is 0 Å². The predicted molar refractivity (Wildman–Crippen MR) is 134 cm³/mol.